The normalized spacial score (nSPS) is 11.8. The highest BCUT2D eigenvalue weighted by molar-refractivity contribution is 5.99. The first-order chi connectivity index (χ1) is 25.9. The summed E-state index contributed by atoms with van der Waals surface area (Å²) in [5, 5.41) is 9.67. The molecule has 3 rings (SSSR count). The predicted molar refractivity (Wildman–Crippen MR) is 214 cm³/mol. The summed E-state index contributed by atoms with van der Waals surface area (Å²) in [5.74, 6) is 0.389. The third kappa shape index (κ3) is 17.8. The average Bonchev–Trinajstić information content (AvgIpc) is 3.18. The van der Waals surface area contributed by atoms with E-state index in [4.69, 9.17) is 18.9 Å². The van der Waals surface area contributed by atoms with Crippen LogP contribution in [0.1, 0.15) is 135 Å². The van der Waals surface area contributed by atoms with E-state index in [1.54, 1.807) is 31.2 Å². The van der Waals surface area contributed by atoms with Gasteiger partial charge in [-0.2, -0.15) is 5.26 Å². The van der Waals surface area contributed by atoms with Crippen LogP contribution in [0.3, 0.4) is 0 Å². The molecular weight excluding hydrogens is 663 g/mol. The van der Waals surface area contributed by atoms with Crippen LogP contribution in [-0.4, -0.2) is 31.3 Å². The van der Waals surface area contributed by atoms with Crippen LogP contribution in [0.2, 0.25) is 0 Å². The predicted octanol–water partition coefficient (Wildman–Crippen LogP) is 12.2. The van der Waals surface area contributed by atoms with Gasteiger partial charge in [0.1, 0.15) is 28.9 Å². The second-order valence-electron chi connectivity index (χ2n) is 13.8. The number of hydrogen-bond acceptors (Lipinski definition) is 7. The largest absolute Gasteiger partial charge is 0.494 e. The first-order valence-electron chi connectivity index (χ1n) is 20.0. The van der Waals surface area contributed by atoms with E-state index in [2.05, 4.69) is 13.8 Å². The molecule has 0 N–H and O–H groups in total. The average molecular weight is 724 g/mol. The molecule has 0 fully saturated rings. The molecule has 3 aromatic carbocycles. The van der Waals surface area contributed by atoms with Crippen molar-refractivity contribution in [2.45, 2.75) is 136 Å². The molecular formula is C46H61NO6. The molecule has 0 radical (unpaired) electrons. The first kappa shape index (κ1) is 43.0. The lowest BCUT2D eigenvalue weighted by Crippen LogP contribution is -2.26. The van der Waals surface area contributed by atoms with Crippen LogP contribution in [0, 0.1) is 11.3 Å². The van der Waals surface area contributed by atoms with Crippen molar-refractivity contribution < 1.29 is 28.5 Å². The summed E-state index contributed by atoms with van der Waals surface area (Å²) in [6.45, 7) is 7.41. The van der Waals surface area contributed by atoms with Crippen molar-refractivity contribution in [1.82, 2.24) is 0 Å². The maximum atomic E-state index is 12.8. The van der Waals surface area contributed by atoms with Gasteiger partial charge in [0.25, 0.3) is 0 Å². The van der Waals surface area contributed by atoms with Gasteiger partial charge in [-0.3, -0.25) is 0 Å². The third-order valence-corrected chi connectivity index (χ3v) is 9.22. The molecule has 0 aliphatic carbocycles. The van der Waals surface area contributed by atoms with Gasteiger partial charge in [0.15, 0.2) is 6.10 Å². The minimum Gasteiger partial charge on any atom is -0.494 e. The zero-order valence-corrected chi connectivity index (χ0v) is 32.4. The highest BCUT2D eigenvalue weighted by Gasteiger charge is 2.16. The molecule has 0 aliphatic rings. The second-order valence-corrected chi connectivity index (χ2v) is 13.8. The maximum absolute atomic E-state index is 12.8. The summed E-state index contributed by atoms with van der Waals surface area (Å²) in [7, 11) is 0. The molecule has 3 aromatic rings. The Kier molecular flexibility index (Phi) is 21.4. The lowest BCUT2D eigenvalue weighted by Gasteiger charge is -2.13. The molecule has 1 unspecified atom stereocenters. The molecule has 0 saturated carbocycles. The van der Waals surface area contributed by atoms with Crippen LogP contribution in [0.4, 0.5) is 0 Å². The number of hydrogen-bond donors (Lipinski definition) is 0. The van der Waals surface area contributed by atoms with Gasteiger partial charge in [-0.05, 0) is 78.9 Å². The van der Waals surface area contributed by atoms with E-state index < -0.39 is 18.0 Å². The number of esters is 2. The second kappa shape index (κ2) is 26.4. The fourth-order valence-electron chi connectivity index (χ4n) is 5.92. The van der Waals surface area contributed by atoms with Crippen molar-refractivity contribution in [2.24, 2.45) is 0 Å². The fourth-order valence-corrected chi connectivity index (χ4v) is 5.92. The van der Waals surface area contributed by atoms with Crippen LogP contribution in [0.25, 0.3) is 17.2 Å². The summed E-state index contributed by atoms with van der Waals surface area (Å²) in [6.07, 6.45) is 22.0. The van der Waals surface area contributed by atoms with E-state index >= 15 is 0 Å². The molecule has 286 valence electrons. The van der Waals surface area contributed by atoms with Gasteiger partial charge in [0, 0.05) is 6.61 Å². The van der Waals surface area contributed by atoms with E-state index in [1.807, 2.05) is 54.6 Å². The molecule has 7 heteroatoms. The van der Waals surface area contributed by atoms with E-state index in [0.29, 0.717) is 30.3 Å². The van der Waals surface area contributed by atoms with Crippen molar-refractivity contribution in [1.29, 1.82) is 5.26 Å². The maximum Gasteiger partial charge on any atom is 0.354 e. The Labute approximate surface area is 318 Å². The number of benzene rings is 3. The van der Waals surface area contributed by atoms with Crippen molar-refractivity contribution in [3.05, 3.63) is 83.9 Å². The van der Waals surface area contributed by atoms with Crippen LogP contribution < -0.4 is 14.2 Å². The van der Waals surface area contributed by atoms with Crippen LogP contribution in [-0.2, 0) is 14.3 Å². The van der Waals surface area contributed by atoms with Crippen molar-refractivity contribution in [3.63, 3.8) is 0 Å². The SMILES string of the molecule is CCCCCCCCCCCCOc1ccc(/C=C(\C#N)C(=O)Oc2ccc(-c3ccc(OC(=O)C(C)OCCCCCCCCC)cc3)cc2)cc1. The zero-order chi connectivity index (χ0) is 37.9. The minimum absolute atomic E-state index is 0.101. The number of carbonyl (C=O) groups excluding carboxylic acids is 2. The van der Waals surface area contributed by atoms with Gasteiger partial charge in [0.05, 0.1) is 6.61 Å². The highest BCUT2D eigenvalue weighted by Crippen LogP contribution is 2.26. The summed E-state index contributed by atoms with van der Waals surface area (Å²) in [4.78, 5) is 25.3. The van der Waals surface area contributed by atoms with Crippen LogP contribution in [0.5, 0.6) is 17.2 Å². The number of carbonyl (C=O) groups is 2. The third-order valence-electron chi connectivity index (χ3n) is 9.22. The zero-order valence-electron chi connectivity index (χ0n) is 32.4. The summed E-state index contributed by atoms with van der Waals surface area (Å²) in [5.41, 5.74) is 2.40. The lowest BCUT2D eigenvalue weighted by atomic mass is 10.1. The molecule has 1 atom stereocenters. The molecule has 53 heavy (non-hydrogen) atoms. The molecule has 0 heterocycles. The smallest absolute Gasteiger partial charge is 0.354 e. The molecule has 0 aromatic heterocycles. The molecule has 7 nitrogen and oxygen atoms in total. The Hall–Kier alpha value is -4.41. The van der Waals surface area contributed by atoms with Crippen molar-refractivity contribution in [3.8, 4) is 34.4 Å². The quantitative estimate of drug-likeness (QED) is 0.0254. The van der Waals surface area contributed by atoms with E-state index in [0.717, 1.165) is 36.1 Å². The Morgan fingerprint density at radius 2 is 1.02 bits per heavy atom. The van der Waals surface area contributed by atoms with E-state index in [9.17, 15) is 14.9 Å². The van der Waals surface area contributed by atoms with Gasteiger partial charge >= 0.3 is 11.9 Å². The van der Waals surface area contributed by atoms with E-state index in [1.165, 1.54) is 96.0 Å². The minimum atomic E-state index is -0.728. The Morgan fingerprint density at radius 1 is 0.585 bits per heavy atom. The topological polar surface area (TPSA) is 94.9 Å². The van der Waals surface area contributed by atoms with Crippen LogP contribution in [0.15, 0.2) is 78.4 Å². The molecule has 0 spiro atoms. The number of ether oxygens (including phenoxy) is 4. The number of nitrogens with zero attached hydrogens (tertiary/aromatic N) is 1. The first-order valence-corrected chi connectivity index (χ1v) is 20.0. The molecule has 0 saturated heterocycles. The Bertz CT molecular complexity index is 1520. The van der Waals surface area contributed by atoms with E-state index in [-0.39, 0.29) is 5.57 Å². The molecule has 0 aliphatic heterocycles. The van der Waals surface area contributed by atoms with Gasteiger partial charge in [-0.25, -0.2) is 9.59 Å². The fraction of sp³-hybridized carbons (Fsp3) is 0.500. The standard InChI is InChI=1S/C46H61NO6/c1-4-6-8-10-12-13-14-16-18-20-34-51-42-27-21-38(22-28-42)35-41(36-47)46(49)53-44-31-25-40(26-32-44)39-23-29-43(30-24-39)52-45(48)37(3)50-33-19-17-15-11-9-7-5-2/h21-32,35,37H,4-20,33-34H2,1-3H3/b41-35+. The summed E-state index contributed by atoms with van der Waals surface area (Å²) in [6, 6.07) is 23.5. The van der Waals surface area contributed by atoms with Gasteiger partial charge in [-0.1, -0.05) is 147 Å². The Balaban J connectivity index is 1.38. The summed E-state index contributed by atoms with van der Waals surface area (Å²) < 4.78 is 22.6. The molecule has 0 bridgehead atoms. The monoisotopic (exact) mass is 723 g/mol. The number of rotatable bonds is 27. The molecule has 0 amide bonds. The lowest BCUT2D eigenvalue weighted by molar-refractivity contribution is -0.146. The van der Waals surface area contributed by atoms with Gasteiger partial charge in [0.2, 0.25) is 0 Å². The number of unbranched alkanes of at least 4 members (excludes halogenated alkanes) is 15. The van der Waals surface area contributed by atoms with Crippen molar-refractivity contribution >= 4 is 18.0 Å². The highest BCUT2D eigenvalue weighted by atomic mass is 16.6. The van der Waals surface area contributed by atoms with Gasteiger partial charge in [-0.15, -0.1) is 0 Å². The van der Waals surface area contributed by atoms with Crippen molar-refractivity contribution in [2.75, 3.05) is 13.2 Å². The Morgan fingerprint density at radius 3 is 1.51 bits per heavy atom. The van der Waals surface area contributed by atoms with Crippen LogP contribution >= 0.6 is 0 Å². The van der Waals surface area contributed by atoms with Gasteiger partial charge < -0.3 is 18.9 Å². The summed E-state index contributed by atoms with van der Waals surface area (Å²) >= 11 is 0. The number of nitriles is 1.